The Morgan fingerprint density at radius 3 is 2.49 bits per heavy atom. The number of nitrogens with one attached hydrogen (secondary N) is 1. The smallest absolute Gasteiger partial charge is 0.254 e. The number of hydrogen-bond donors (Lipinski definition) is 1. The Hall–Kier alpha value is -4.66. The van der Waals surface area contributed by atoms with Gasteiger partial charge in [0.15, 0.2) is 0 Å². The van der Waals surface area contributed by atoms with Crippen LogP contribution in [0.25, 0.3) is 16.6 Å². The number of imidazole rings is 1. The zero-order valence-corrected chi connectivity index (χ0v) is 22.7. The lowest BCUT2D eigenvalue weighted by Crippen LogP contribution is -2.38. The summed E-state index contributed by atoms with van der Waals surface area (Å²) in [6.45, 7) is 5.24. The molecule has 0 atom stereocenters. The molecule has 1 aliphatic carbocycles. The molecule has 2 aromatic carbocycles. The second-order valence-electron chi connectivity index (χ2n) is 10.4. The Balaban J connectivity index is 1.38. The Bertz CT molecular complexity index is 1630. The number of allylic oxidation sites excluding steroid dienone is 3. The van der Waals surface area contributed by atoms with Crippen molar-refractivity contribution in [2.45, 2.75) is 32.6 Å². The van der Waals surface area contributed by atoms with E-state index < -0.39 is 0 Å². The number of rotatable bonds is 4. The van der Waals surface area contributed by atoms with Gasteiger partial charge < -0.3 is 14.8 Å². The van der Waals surface area contributed by atoms with Gasteiger partial charge in [-0.25, -0.2) is 4.98 Å². The van der Waals surface area contributed by atoms with E-state index in [4.69, 9.17) is 10.2 Å². The summed E-state index contributed by atoms with van der Waals surface area (Å²) in [6.07, 6.45) is 5.57. The summed E-state index contributed by atoms with van der Waals surface area (Å²) in [5.41, 5.74) is 10.4. The molecule has 2 aliphatic rings. The fraction of sp³-hybridized carbons (Fsp3) is 0.281. The van der Waals surface area contributed by atoms with Gasteiger partial charge in [0.2, 0.25) is 0 Å². The number of benzene rings is 2. The van der Waals surface area contributed by atoms with Gasteiger partial charge in [0.25, 0.3) is 11.8 Å². The van der Waals surface area contributed by atoms with Crippen LogP contribution in [-0.2, 0) is 4.79 Å². The predicted molar refractivity (Wildman–Crippen MR) is 152 cm³/mol. The van der Waals surface area contributed by atoms with Gasteiger partial charge in [-0.3, -0.25) is 9.59 Å². The van der Waals surface area contributed by atoms with Gasteiger partial charge in [-0.05, 0) is 86.2 Å². The fourth-order valence-corrected chi connectivity index (χ4v) is 5.16. The van der Waals surface area contributed by atoms with Crippen molar-refractivity contribution in [2.75, 3.05) is 27.2 Å². The average Bonchev–Trinajstić information content (AvgIpc) is 3.32. The number of amides is 2. The van der Waals surface area contributed by atoms with Gasteiger partial charge in [0.1, 0.15) is 5.82 Å². The second-order valence-corrected chi connectivity index (χ2v) is 10.4. The van der Waals surface area contributed by atoms with Gasteiger partial charge in [0.05, 0.1) is 28.2 Å². The normalized spacial score (nSPS) is 16.0. The molecule has 7 heteroatoms. The molecule has 1 N–H and O–H groups in total. The molecule has 1 aromatic heterocycles. The average molecular weight is 518 g/mol. The van der Waals surface area contributed by atoms with Crippen LogP contribution in [0.2, 0.25) is 0 Å². The molecule has 0 saturated carbocycles. The quantitative estimate of drug-likeness (QED) is 0.472. The van der Waals surface area contributed by atoms with Crippen LogP contribution in [-0.4, -0.2) is 58.8 Å². The highest BCUT2D eigenvalue weighted by molar-refractivity contribution is 6.02. The largest absolute Gasteiger partial charge is 0.345 e. The minimum atomic E-state index is -0.0728. The van der Waals surface area contributed by atoms with E-state index in [2.05, 4.69) is 16.8 Å². The van der Waals surface area contributed by atoms with E-state index in [-0.39, 0.29) is 11.8 Å². The standard InChI is InChI=1S/C32H31N5O2/c1-20-5-6-21(2)27(32(39)37-15-13-24(14-16-37)23-9-7-22(19-33)8-10-23)18-26(20)30-34-28-12-11-25(17-29(28)35-30)31(38)36(3)4/h5,7-12,17-18,24H,13-16H2,1-4H3,(H,34,35). The first-order valence-electron chi connectivity index (χ1n) is 13.1. The third-order valence-electron chi connectivity index (χ3n) is 7.54. The summed E-state index contributed by atoms with van der Waals surface area (Å²) >= 11 is 0. The Morgan fingerprint density at radius 1 is 1.10 bits per heavy atom. The van der Waals surface area contributed by atoms with Gasteiger partial charge in [0, 0.05) is 43.9 Å². The second kappa shape index (κ2) is 10.6. The number of piperidine rings is 1. The highest BCUT2D eigenvalue weighted by Crippen LogP contribution is 2.32. The molecule has 0 radical (unpaired) electrons. The maximum absolute atomic E-state index is 13.7. The summed E-state index contributed by atoms with van der Waals surface area (Å²) in [5, 5.41) is 9.06. The summed E-state index contributed by atoms with van der Waals surface area (Å²) < 4.78 is 0. The van der Waals surface area contributed by atoms with Crippen molar-refractivity contribution < 1.29 is 9.59 Å². The van der Waals surface area contributed by atoms with E-state index in [1.54, 1.807) is 25.1 Å². The molecular formula is C32H31N5O2. The predicted octanol–water partition coefficient (Wildman–Crippen LogP) is 5.36. The molecular weight excluding hydrogens is 486 g/mol. The third-order valence-corrected chi connectivity index (χ3v) is 7.54. The Labute approximate surface area is 228 Å². The van der Waals surface area contributed by atoms with E-state index in [0.29, 0.717) is 41.5 Å². The Morgan fingerprint density at radius 2 is 1.82 bits per heavy atom. The maximum Gasteiger partial charge on any atom is 0.254 e. The first-order valence-corrected chi connectivity index (χ1v) is 13.1. The molecule has 1 aliphatic heterocycles. The first kappa shape index (κ1) is 26.0. The van der Waals surface area contributed by atoms with E-state index in [1.165, 1.54) is 5.56 Å². The molecule has 0 bridgehead atoms. The molecule has 2 amide bonds. The SMILES string of the molecule is CC1=C=CC(C)=C(c2nc3ccc(C(=O)N(C)C)cc3[nH]2)C=C1C(=O)N1CCC(c2ccc(C#N)cc2)CC1. The maximum atomic E-state index is 13.7. The lowest BCUT2D eigenvalue weighted by Gasteiger charge is -2.33. The van der Waals surface area contributed by atoms with Crippen LogP contribution in [0.3, 0.4) is 0 Å². The zero-order valence-electron chi connectivity index (χ0n) is 22.7. The topological polar surface area (TPSA) is 93.1 Å². The van der Waals surface area contributed by atoms with E-state index >= 15 is 0 Å². The number of fused-ring (bicyclic) bond motifs is 1. The fourth-order valence-electron chi connectivity index (χ4n) is 5.16. The van der Waals surface area contributed by atoms with Crippen molar-refractivity contribution in [1.29, 1.82) is 5.26 Å². The summed E-state index contributed by atoms with van der Waals surface area (Å²) in [5.74, 6) is 0.943. The number of likely N-dealkylation sites (tertiary alicyclic amines) is 1. The van der Waals surface area contributed by atoms with Crippen molar-refractivity contribution in [3.63, 3.8) is 0 Å². The highest BCUT2D eigenvalue weighted by Gasteiger charge is 2.27. The minimum absolute atomic E-state index is 0.00569. The third kappa shape index (κ3) is 5.20. The number of hydrogen-bond acceptors (Lipinski definition) is 4. The Kier molecular flexibility index (Phi) is 7.06. The van der Waals surface area contributed by atoms with Crippen LogP contribution >= 0.6 is 0 Å². The van der Waals surface area contributed by atoms with Gasteiger partial charge >= 0.3 is 0 Å². The van der Waals surface area contributed by atoms with Crippen LogP contribution in [0.5, 0.6) is 0 Å². The molecule has 39 heavy (non-hydrogen) atoms. The van der Waals surface area contributed by atoms with Crippen molar-refractivity contribution in [3.05, 3.63) is 99.6 Å². The van der Waals surface area contributed by atoms with Crippen molar-refractivity contribution in [1.82, 2.24) is 19.8 Å². The molecule has 2 heterocycles. The van der Waals surface area contributed by atoms with E-state index in [1.807, 2.05) is 67.3 Å². The van der Waals surface area contributed by atoms with Crippen LogP contribution in [0, 0.1) is 11.3 Å². The van der Waals surface area contributed by atoms with Crippen molar-refractivity contribution >= 4 is 28.4 Å². The summed E-state index contributed by atoms with van der Waals surface area (Å²) in [7, 11) is 3.45. The molecule has 196 valence electrons. The van der Waals surface area contributed by atoms with E-state index in [9.17, 15) is 9.59 Å². The first-order chi connectivity index (χ1) is 18.7. The van der Waals surface area contributed by atoms with Gasteiger partial charge in [-0.2, -0.15) is 5.26 Å². The summed E-state index contributed by atoms with van der Waals surface area (Å²) in [6, 6.07) is 15.4. The van der Waals surface area contributed by atoms with Crippen LogP contribution < -0.4 is 0 Å². The number of aromatic amines is 1. The van der Waals surface area contributed by atoms with Crippen molar-refractivity contribution in [2.24, 2.45) is 0 Å². The monoisotopic (exact) mass is 517 g/mol. The van der Waals surface area contributed by atoms with Gasteiger partial charge in [-0.15, -0.1) is 5.73 Å². The van der Waals surface area contributed by atoms with Crippen LogP contribution in [0.15, 0.2) is 77.1 Å². The van der Waals surface area contributed by atoms with Crippen molar-refractivity contribution in [3.8, 4) is 6.07 Å². The number of nitrogens with zero attached hydrogens (tertiary/aromatic N) is 4. The molecule has 1 fully saturated rings. The number of aromatic nitrogens is 2. The lowest BCUT2D eigenvalue weighted by molar-refractivity contribution is -0.127. The number of nitriles is 1. The molecule has 1 saturated heterocycles. The number of carbonyl (C=O) groups is 2. The zero-order chi connectivity index (χ0) is 27.7. The van der Waals surface area contributed by atoms with Crippen LogP contribution in [0.4, 0.5) is 0 Å². The number of carbonyl (C=O) groups excluding carboxylic acids is 2. The lowest BCUT2D eigenvalue weighted by atomic mass is 9.88. The number of H-pyrrole nitrogens is 1. The van der Waals surface area contributed by atoms with E-state index in [0.717, 1.165) is 40.6 Å². The minimum Gasteiger partial charge on any atom is -0.345 e. The summed E-state index contributed by atoms with van der Waals surface area (Å²) in [4.78, 5) is 37.8. The molecule has 0 spiro atoms. The molecule has 0 unspecified atom stereocenters. The highest BCUT2D eigenvalue weighted by atomic mass is 16.2. The molecule has 5 rings (SSSR count). The molecule has 3 aromatic rings. The van der Waals surface area contributed by atoms with Crippen LogP contribution in [0.1, 0.15) is 59.9 Å². The molecule has 7 nitrogen and oxygen atoms in total. The van der Waals surface area contributed by atoms with Gasteiger partial charge in [-0.1, -0.05) is 12.1 Å².